The summed E-state index contributed by atoms with van der Waals surface area (Å²) in [5.41, 5.74) is -1.79. The Labute approximate surface area is 113 Å². The van der Waals surface area contributed by atoms with E-state index in [1.165, 1.54) is 23.8 Å². The van der Waals surface area contributed by atoms with E-state index < -0.39 is 18.4 Å². The number of aliphatic hydroxyl groups excluding tert-OH is 2. The average Bonchev–Trinajstić information content (AvgIpc) is 2.29. The van der Waals surface area contributed by atoms with Gasteiger partial charge in [-0.2, -0.15) is 0 Å². The molecule has 1 aliphatic rings. The van der Waals surface area contributed by atoms with Gasteiger partial charge >= 0.3 is 0 Å². The predicted octanol–water partition coefficient (Wildman–Crippen LogP) is 0.338. The van der Waals surface area contributed by atoms with Gasteiger partial charge in [0.15, 0.2) is 10.5 Å². The summed E-state index contributed by atoms with van der Waals surface area (Å²) in [5, 5.41) is 29.0. The lowest BCUT2D eigenvalue weighted by Gasteiger charge is -2.38. The van der Waals surface area contributed by atoms with Crippen LogP contribution in [-0.4, -0.2) is 37.1 Å². The Bertz CT molecular complexity index is 630. The first-order valence-electron chi connectivity index (χ1n) is 5.57. The van der Waals surface area contributed by atoms with Gasteiger partial charge in [-0.15, -0.1) is 0 Å². The monoisotopic (exact) mass is 286 g/mol. The molecule has 0 spiro atoms. The van der Waals surface area contributed by atoms with Gasteiger partial charge < -0.3 is 20.1 Å². The van der Waals surface area contributed by atoms with E-state index in [0.717, 1.165) is 0 Å². The zero-order valence-electron chi connectivity index (χ0n) is 10.2. The summed E-state index contributed by atoms with van der Waals surface area (Å²) in [7, 11) is 0. The lowest BCUT2D eigenvalue weighted by atomic mass is 9.95. The molecule has 1 aromatic heterocycles. The molecule has 1 aromatic rings. The van der Waals surface area contributed by atoms with Crippen LogP contribution in [0.2, 0.25) is 0 Å². The van der Waals surface area contributed by atoms with Crippen molar-refractivity contribution in [3.63, 3.8) is 0 Å². The highest BCUT2D eigenvalue weighted by molar-refractivity contribution is 7.71. The second-order valence-corrected chi connectivity index (χ2v) is 4.94. The Kier molecular flexibility index (Phi) is 3.48. The lowest BCUT2D eigenvalue weighted by molar-refractivity contribution is -0.144. The fourth-order valence-corrected chi connectivity index (χ4v) is 2.21. The van der Waals surface area contributed by atoms with E-state index in [2.05, 4.69) is 4.98 Å². The topological polar surface area (TPSA) is 108 Å². The van der Waals surface area contributed by atoms with Crippen molar-refractivity contribution in [2.24, 2.45) is 0 Å². The third-order valence-corrected chi connectivity index (χ3v) is 3.19. The molecule has 4 N–H and O–H groups in total. The Morgan fingerprint density at radius 1 is 1.68 bits per heavy atom. The third kappa shape index (κ3) is 2.55. The van der Waals surface area contributed by atoms with Crippen LogP contribution < -0.4 is 5.56 Å². The van der Waals surface area contributed by atoms with Crippen LogP contribution in [0, 0.1) is 4.77 Å². The summed E-state index contributed by atoms with van der Waals surface area (Å²) >= 11 is 5.00. The van der Waals surface area contributed by atoms with Crippen LogP contribution in [0.5, 0.6) is 0 Å². The minimum atomic E-state index is -1.43. The number of nitrogens with one attached hydrogen (secondary N) is 1. The van der Waals surface area contributed by atoms with Crippen molar-refractivity contribution < 1.29 is 20.1 Å². The molecule has 104 valence electrons. The molecular formula is C11H14N2O5S. The first kappa shape index (κ1) is 13.8. The van der Waals surface area contributed by atoms with Gasteiger partial charge in [0.05, 0.1) is 0 Å². The fourth-order valence-electron chi connectivity index (χ4n) is 1.95. The van der Waals surface area contributed by atoms with E-state index in [9.17, 15) is 15.0 Å². The van der Waals surface area contributed by atoms with Crippen LogP contribution in [0.4, 0.5) is 0 Å². The van der Waals surface area contributed by atoms with Gasteiger partial charge in [-0.05, 0) is 19.1 Å². The van der Waals surface area contributed by atoms with Gasteiger partial charge in [-0.25, -0.2) is 0 Å². The highest BCUT2D eigenvalue weighted by atomic mass is 32.1. The summed E-state index contributed by atoms with van der Waals surface area (Å²) in [5.74, 6) is -0.232. The van der Waals surface area contributed by atoms with Gasteiger partial charge in [0, 0.05) is 18.7 Å². The van der Waals surface area contributed by atoms with Crippen molar-refractivity contribution in [3.8, 4) is 0 Å². The molecule has 0 saturated heterocycles. The van der Waals surface area contributed by atoms with E-state index in [1.807, 2.05) is 0 Å². The van der Waals surface area contributed by atoms with Crippen molar-refractivity contribution >= 4 is 12.2 Å². The molecule has 7 nitrogen and oxygen atoms in total. The summed E-state index contributed by atoms with van der Waals surface area (Å²) in [6.45, 7) is 0.976. The molecule has 2 heterocycles. The maximum Gasteiger partial charge on any atom is 0.251 e. The Hall–Kier alpha value is -1.64. The summed E-state index contributed by atoms with van der Waals surface area (Å²) in [6.07, 6.45) is 0.349. The Morgan fingerprint density at radius 3 is 2.95 bits per heavy atom. The van der Waals surface area contributed by atoms with Crippen molar-refractivity contribution in [1.29, 1.82) is 0 Å². The van der Waals surface area contributed by atoms with Gasteiger partial charge in [-0.1, -0.05) is 0 Å². The third-order valence-electron chi connectivity index (χ3n) is 2.88. The van der Waals surface area contributed by atoms with Crippen molar-refractivity contribution in [1.82, 2.24) is 9.55 Å². The first-order valence-corrected chi connectivity index (χ1v) is 5.98. The molecule has 2 rings (SSSR count). The molecule has 0 radical (unpaired) electrons. The standard InChI is InChI=1S/C11H14N2O5S/c1-11(17)4-6(15)7(5-14)18-9(11)13-3-2-8(16)12-10(13)19/h2-3,9,14-15,17H,4-5H2,1H3,(H,12,16,19)/t9-,11?/m1/s1. The zero-order chi connectivity index (χ0) is 14.2. The zero-order valence-corrected chi connectivity index (χ0v) is 11.0. The molecule has 0 fully saturated rings. The summed E-state index contributed by atoms with van der Waals surface area (Å²) in [6, 6.07) is 1.24. The number of H-pyrrole nitrogens is 1. The second kappa shape index (κ2) is 4.80. The number of aromatic nitrogens is 2. The number of hydrogen-bond donors (Lipinski definition) is 4. The maximum atomic E-state index is 11.1. The quantitative estimate of drug-likeness (QED) is 0.584. The van der Waals surface area contributed by atoms with Crippen molar-refractivity contribution in [2.45, 2.75) is 25.2 Å². The van der Waals surface area contributed by atoms with Crippen molar-refractivity contribution in [2.75, 3.05) is 6.61 Å². The molecule has 1 unspecified atom stereocenters. The van der Waals surface area contributed by atoms with Crippen LogP contribution in [0.15, 0.2) is 28.6 Å². The molecule has 0 aliphatic carbocycles. The van der Waals surface area contributed by atoms with Gasteiger partial charge in [0.1, 0.15) is 18.0 Å². The molecular weight excluding hydrogens is 272 g/mol. The highest BCUT2D eigenvalue weighted by Gasteiger charge is 2.41. The maximum absolute atomic E-state index is 11.1. The van der Waals surface area contributed by atoms with Crippen LogP contribution in [0.1, 0.15) is 19.6 Å². The van der Waals surface area contributed by atoms with E-state index in [4.69, 9.17) is 22.1 Å². The number of nitrogens with zero attached hydrogens (tertiary/aromatic N) is 1. The van der Waals surface area contributed by atoms with Crippen LogP contribution in [0.25, 0.3) is 0 Å². The first-order chi connectivity index (χ1) is 8.85. The van der Waals surface area contributed by atoms with Gasteiger partial charge in [-0.3, -0.25) is 14.3 Å². The van der Waals surface area contributed by atoms with E-state index in [-0.39, 0.29) is 28.3 Å². The average molecular weight is 286 g/mol. The minimum absolute atomic E-state index is 0.0235. The molecule has 8 heteroatoms. The van der Waals surface area contributed by atoms with Gasteiger partial charge in [0.2, 0.25) is 6.23 Å². The normalized spacial score (nSPS) is 27.2. The molecule has 0 amide bonds. The minimum Gasteiger partial charge on any atom is -0.509 e. The smallest absolute Gasteiger partial charge is 0.251 e. The molecule has 2 atom stereocenters. The Balaban J connectivity index is 2.49. The lowest BCUT2D eigenvalue weighted by Crippen LogP contribution is -2.42. The highest BCUT2D eigenvalue weighted by Crippen LogP contribution is 2.36. The van der Waals surface area contributed by atoms with Gasteiger partial charge in [0.25, 0.3) is 5.56 Å². The predicted molar refractivity (Wildman–Crippen MR) is 68.0 cm³/mol. The van der Waals surface area contributed by atoms with E-state index in [0.29, 0.717) is 0 Å². The van der Waals surface area contributed by atoms with E-state index in [1.54, 1.807) is 0 Å². The van der Waals surface area contributed by atoms with Crippen LogP contribution in [-0.2, 0) is 4.74 Å². The SMILES string of the molecule is CC1(O)CC(O)=C(CO)O[C@H]1n1ccc(=O)[nH]c1=S. The summed E-state index contributed by atoms with van der Waals surface area (Å²) < 4.78 is 6.81. The number of hydrogen-bond acceptors (Lipinski definition) is 6. The summed E-state index contributed by atoms with van der Waals surface area (Å²) in [4.78, 5) is 13.5. The largest absolute Gasteiger partial charge is 0.509 e. The number of aliphatic hydroxyl groups is 3. The van der Waals surface area contributed by atoms with Crippen LogP contribution >= 0.6 is 12.2 Å². The Morgan fingerprint density at radius 2 is 2.37 bits per heavy atom. The number of aromatic amines is 1. The molecule has 0 aromatic carbocycles. The van der Waals surface area contributed by atoms with E-state index >= 15 is 0 Å². The van der Waals surface area contributed by atoms with Crippen LogP contribution in [0.3, 0.4) is 0 Å². The van der Waals surface area contributed by atoms with Crippen molar-refractivity contribution in [3.05, 3.63) is 38.9 Å². The number of ether oxygens (including phenoxy) is 1. The second-order valence-electron chi connectivity index (χ2n) is 4.55. The molecule has 0 saturated carbocycles. The molecule has 0 bridgehead atoms. The fraction of sp³-hybridized carbons (Fsp3) is 0.455. The molecule has 1 aliphatic heterocycles. The number of rotatable bonds is 2. The molecule has 19 heavy (non-hydrogen) atoms.